The second-order valence-electron chi connectivity index (χ2n) is 5.88. The Morgan fingerprint density at radius 1 is 1.20 bits per heavy atom. The lowest BCUT2D eigenvalue weighted by atomic mass is 10.0. The van der Waals surface area contributed by atoms with Crippen molar-refractivity contribution in [1.82, 2.24) is 5.32 Å². The lowest BCUT2D eigenvalue weighted by Gasteiger charge is -2.18. The molecular weight excluding hydrogens is 272 g/mol. The zero-order valence-electron chi connectivity index (χ0n) is 12.4. The largest absolute Gasteiger partial charge is 0.313 e. The summed E-state index contributed by atoms with van der Waals surface area (Å²) in [4.78, 5) is 0. The summed E-state index contributed by atoms with van der Waals surface area (Å²) in [5.41, 5.74) is 1.72. The smallest absolute Gasteiger partial charge is 0.236 e. The van der Waals surface area contributed by atoms with Crippen LogP contribution in [0.2, 0.25) is 0 Å². The maximum absolute atomic E-state index is 12.4. The molecule has 112 valence electrons. The van der Waals surface area contributed by atoms with Gasteiger partial charge in [-0.3, -0.25) is 4.72 Å². The zero-order chi connectivity index (χ0) is 14.8. The second-order valence-corrected chi connectivity index (χ2v) is 7.98. The minimum atomic E-state index is -3.35. The molecule has 0 heterocycles. The summed E-state index contributed by atoms with van der Waals surface area (Å²) in [5.74, 6) is 0.286. The molecule has 0 amide bonds. The number of benzene rings is 1. The normalized spacial score (nSPS) is 17.2. The molecule has 20 heavy (non-hydrogen) atoms. The molecule has 0 radical (unpaired) electrons. The van der Waals surface area contributed by atoms with E-state index in [0.717, 1.165) is 18.4 Å². The average molecular weight is 296 g/mol. The first-order chi connectivity index (χ1) is 9.40. The summed E-state index contributed by atoms with van der Waals surface area (Å²) in [7, 11) is -3.35. The highest BCUT2D eigenvalue weighted by Gasteiger charge is 2.26. The van der Waals surface area contributed by atoms with Crippen molar-refractivity contribution in [1.29, 1.82) is 0 Å². The van der Waals surface area contributed by atoms with E-state index >= 15 is 0 Å². The Labute approximate surface area is 122 Å². The highest BCUT2D eigenvalue weighted by Crippen LogP contribution is 2.25. The highest BCUT2D eigenvalue weighted by molar-refractivity contribution is 7.93. The lowest BCUT2D eigenvalue weighted by molar-refractivity contribution is 0.576. The Bertz CT molecular complexity index is 551. The third-order valence-corrected chi connectivity index (χ3v) is 5.37. The standard InChI is InChI=1S/C15H24N2O2S/c1-11(2)14-6-4-5-7-15(14)17-20(18,19)12(3)10-16-13-8-9-13/h4-7,11-13,16-17H,8-10H2,1-3H3. The molecule has 2 N–H and O–H groups in total. The quantitative estimate of drug-likeness (QED) is 0.813. The number of hydrogen-bond donors (Lipinski definition) is 2. The molecule has 5 heteroatoms. The van der Waals surface area contributed by atoms with E-state index in [9.17, 15) is 8.42 Å². The fraction of sp³-hybridized carbons (Fsp3) is 0.600. The number of sulfonamides is 1. The number of para-hydroxylation sites is 1. The summed E-state index contributed by atoms with van der Waals surface area (Å²) in [6, 6.07) is 8.11. The first-order valence-corrected chi connectivity index (χ1v) is 8.78. The molecule has 1 aromatic carbocycles. The maximum atomic E-state index is 12.4. The van der Waals surface area contributed by atoms with E-state index in [0.29, 0.717) is 18.3 Å². The van der Waals surface area contributed by atoms with Crippen molar-refractivity contribution in [2.45, 2.75) is 50.8 Å². The Morgan fingerprint density at radius 2 is 1.85 bits per heavy atom. The molecule has 0 bridgehead atoms. The molecule has 0 aliphatic heterocycles. The van der Waals surface area contributed by atoms with Gasteiger partial charge in [-0.05, 0) is 37.3 Å². The minimum Gasteiger partial charge on any atom is -0.313 e. The van der Waals surface area contributed by atoms with Crippen molar-refractivity contribution >= 4 is 15.7 Å². The van der Waals surface area contributed by atoms with Gasteiger partial charge in [-0.25, -0.2) is 8.42 Å². The topological polar surface area (TPSA) is 58.2 Å². The van der Waals surface area contributed by atoms with E-state index in [4.69, 9.17) is 0 Å². The van der Waals surface area contributed by atoms with Gasteiger partial charge >= 0.3 is 0 Å². The molecule has 0 saturated heterocycles. The number of rotatable bonds is 7. The van der Waals surface area contributed by atoms with Crippen molar-refractivity contribution in [2.24, 2.45) is 0 Å². The van der Waals surface area contributed by atoms with Crippen LogP contribution in [0.15, 0.2) is 24.3 Å². The van der Waals surface area contributed by atoms with Crippen LogP contribution in [0, 0.1) is 0 Å². The predicted octanol–water partition coefficient (Wildman–Crippen LogP) is 2.69. The van der Waals surface area contributed by atoms with Gasteiger partial charge in [-0.15, -0.1) is 0 Å². The van der Waals surface area contributed by atoms with Gasteiger partial charge < -0.3 is 5.32 Å². The molecule has 0 aromatic heterocycles. The van der Waals surface area contributed by atoms with Crippen molar-refractivity contribution in [3.05, 3.63) is 29.8 Å². The van der Waals surface area contributed by atoms with Crippen molar-refractivity contribution in [3.63, 3.8) is 0 Å². The van der Waals surface area contributed by atoms with Gasteiger partial charge in [0.2, 0.25) is 10.0 Å². The van der Waals surface area contributed by atoms with Crippen LogP contribution in [0.3, 0.4) is 0 Å². The molecule has 4 nitrogen and oxygen atoms in total. The molecule has 1 unspecified atom stereocenters. The van der Waals surface area contributed by atoms with Crippen molar-refractivity contribution in [2.75, 3.05) is 11.3 Å². The van der Waals surface area contributed by atoms with Crippen LogP contribution in [0.5, 0.6) is 0 Å². The van der Waals surface area contributed by atoms with Gasteiger partial charge in [-0.1, -0.05) is 32.0 Å². The van der Waals surface area contributed by atoms with Crippen LogP contribution in [0.4, 0.5) is 5.69 Å². The maximum Gasteiger partial charge on any atom is 0.236 e. The van der Waals surface area contributed by atoms with E-state index < -0.39 is 15.3 Å². The van der Waals surface area contributed by atoms with Crippen LogP contribution < -0.4 is 10.0 Å². The van der Waals surface area contributed by atoms with Crippen LogP contribution in [-0.2, 0) is 10.0 Å². The predicted molar refractivity (Wildman–Crippen MR) is 83.6 cm³/mol. The van der Waals surface area contributed by atoms with E-state index in [1.807, 2.05) is 24.3 Å². The highest BCUT2D eigenvalue weighted by atomic mass is 32.2. The third kappa shape index (κ3) is 3.96. The summed E-state index contributed by atoms with van der Waals surface area (Å²) < 4.78 is 27.5. The van der Waals surface area contributed by atoms with E-state index in [-0.39, 0.29) is 5.92 Å². The molecule has 1 fully saturated rings. The molecule has 1 atom stereocenters. The SMILES string of the molecule is CC(C)c1ccccc1NS(=O)(=O)C(C)CNC1CC1. The average Bonchev–Trinajstić information content (AvgIpc) is 3.19. The van der Waals surface area contributed by atoms with Gasteiger partial charge in [0, 0.05) is 12.6 Å². The van der Waals surface area contributed by atoms with E-state index in [1.165, 1.54) is 0 Å². The molecule has 1 saturated carbocycles. The summed E-state index contributed by atoms with van der Waals surface area (Å²) in [6.45, 7) is 6.37. The second kappa shape index (κ2) is 6.14. The third-order valence-electron chi connectivity index (χ3n) is 3.64. The van der Waals surface area contributed by atoms with Crippen LogP contribution in [-0.4, -0.2) is 26.3 Å². The molecular formula is C15H24N2O2S. The summed E-state index contributed by atoms with van der Waals surface area (Å²) in [6.07, 6.45) is 2.33. The fourth-order valence-electron chi connectivity index (χ4n) is 2.08. The number of hydrogen-bond acceptors (Lipinski definition) is 3. The fourth-order valence-corrected chi connectivity index (χ4v) is 3.09. The Kier molecular flexibility index (Phi) is 4.70. The van der Waals surface area contributed by atoms with Gasteiger partial charge in [0.05, 0.1) is 10.9 Å². The molecule has 1 aromatic rings. The Morgan fingerprint density at radius 3 is 2.45 bits per heavy atom. The van der Waals surface area contributed by atoms with Gasteiger partial charge in [0.25, 0.3) is 0 Å². The first-order valence-electron chi connectivity index (χ1n) is 7.24. The minimum absolute atomic E-state index is 0.286. The van der Waals surface area contributed by atoms with Crippen LogP contribution in [0.25, 0.3) is 0 Å². The molecule has 2 rings (SSSR count). The monoisotopic (exact) mass is 296 g/mol. The molecule has 1 aliphatic rings. The van der Waals surface area contributed by atoms with Crippen LogP contribution >= 0.6 is 0 Å². The summed E-state index contributed by atoms with van der Waals surface area (Å²) >= 11 is 0. The Balaban J connectivity index is 2.06. The first kappa shape index (κ1) is 15.3. The van der Waals surface area contributed by atoms with Gasteiger partial charge in [0.1, 0.15) is 0 Å². The van der Waals surface area contributed by atoms with E-state index in [2.05, 4.69) is 23.9 Å². The van der Waals surface area contributed by atoms with Crippen molar-refractivity contribution in [3.8, 4) is 0 Å². The lowest BCUT2D eigenvalue weighted by Crippen LogP contribution is -2.35. The Hall–Kier alpha value is -1.07. The van der Waals surface area contributed by atoms with Crippen molar-refractivity contribution < 1.29 is 8.42 Å². The van der Waals surface area contributed by atoms with Gasteiger partial charge in [-0.2, -0.15) is 0 Å². The number of anilines is 1. The molecule has 0 spiro atoms. The summed E-state index contributed by atoms with van der Waals surface area (Å²) in [5, 5.41) is 2.83. The number of nitrogens with one attached hydrogen (secondary N) is 2. The zero-order valence-corrected chi connectivity index (χ0v) is 13.2. The van der Waals surface area contributed by atoms with Gasteiger partial charge in [0.15, 0.2) is 0 Å². The van der Waals surface area contributed by atoms with Crippen LogP contribution in [0.1, 0.15) is 45.1 Å². The van der Waals surface area contributed by atoms with E-state index in [1.54, 1.807) is 6.92 Å². The molecule has 1 aliphatic carbocycles.